The summed E-state index contributed by atoms with van der Waals surface area (Å²) in [5, 5.41) is 8.75. The van der Waals surface area contributed by atoms with Gasteiger partial charge in [0.05, 0.1) is 16.7 Å². The minimum atomic E-state index is -0.165. The number of hydrogen-bond acceptors (Lipinski definition) is 4. The molecule has 2 heterocycles. The molecule has 3 aromatic rings. The summed E-state index contributed by atoms with van der Waals surface area (Å²) in [5.41, 5.74) is 4.81. The number of fused-ring (bicyclic) bond motifs is 1. The second kappa shape index (κ2) is 7.00. The summed E-state index contributed by atoms with van der Waals surface area (Å²) >= 11 is 1.56. The predicted molar refractivity (Wildman–Crippen MR) is 87.8 cm³/mol. The molecule has 0 atom stereocenters. The first-order valence-electron chi connectivity index (χ1n) is 7.04. The van der Waals surface area contributed by atoms with Crippen molar-refractivity contribution in [3.63, 3.8) is 0 Å². The van der Waals surface area contributed by atoms with E-state index in [0.717, 1.165) is 28.6 Å². The summed E-state index contributed by atoms with van der Waals surface area (Å²) in [6.07, 6.45) is 2.52. The molecular weight excluding hydrogens is 296 g/mol. The molecule has 2 N–H and O–H groups in total. The zero-order chi connectivity index (χ0) is 15.2. The van der Waals surface area contributed by atoms with E-state index in [1.54, 1.807) is 23.0 Å². The van der Waals surface area contributed by atoms with Crippen LogP contribution in [0.25, 0.3) is 10.9 Å². The van der Waals surface area contributed by atoms with Crippen LogP contribution in [0.4, 0.5) is 4.79 Å². The lowest BCUT2D eigenvalue weighted by Crippen LogP contribution is -2.36. The van der Waals surface area contributed by atoms with E-state index in [9.17, 15) is 4.79 Å². The van der Waals surface area contributed by atoms with Gasteiger partial charge in [0.2, 0.25) is 0 Å². The SMILES string of the molecule is O=C(NCCc1cscn1)NCc1ccc2ncccc2c1. The normalized spacial score (nSPS) is 10.5. The molecule has 0 aliphatic rings. The largest absolute Gasteiger partial charge is 0.338 e. The number of nitrogens with zero attached hydrogens (tertiary/aromatic N) is 2. The molecule has 0 saturated heterocycles. The van der Waals surface area contributed by atoms with Gasteiger partial charge in [-0.1, -0.05) is 12.1 Å². The van der Waals surface area contributed by atoms with Crippen molar-refractivity contribution < 1.29 is 4.79 Å². The lowest BCUT2D eigenvalue weighted by atomic mass is 10.1. The molecule has 6 heteroatoms. The van der Waals surface area contributed by atoms with Crippen LogP contribution in [0.5, 0.6) is 0 Å². The van der Waals surface area contributed by atoms with Crippen LogP contribution in [0.15, 0.2) is 47.4 Å². The van der Waals surface area contributed by atoms with E-state index >= 15 is 0 Å². The van der Waals surface area contributed by atoms with Crippen molar-refractivity contribution in [3.05, 3.63) is 58.7 Å². The van der Waals surface area contributed by atoms with Crippen LogP contribution < -0.4 is 10.6 Å². The number of pyridine rings is 1. The van der Waals surface area contributed by atoms with Gasteiger partial charge in [-0.05, 0) is 23.8 Å². The minimum absolute atomic E-state index is 0.165. The van der Waals surface area contributed by atoms with Gasteiger partial charge in [0, 0.05) is 36.5 Å². The second-order valence-corrected chi connectivity index (χ2v) is 5.59. The highest BCUT2D eigenvalue weighted by molar-refractivity contribution is 7.07. The summed E-state index contributed by atoms with van der Waals surface area (Å²) in [4.78, 5) is 20.2. The van der Waals surface area contributed by atoms with Gasteiger partial charge >= 0.3 is 6.03 Å². The molecule has 1 aromatic carbocycles. The van der Waals surface area contributed by atoms with Crippen molar-refractivity contribution in [2.24, 2.45) is 0 Å². The number of thiazole rings is 1. The van der Waals surface area contributed by atoms with Crippen LogP contribution in [0.3, 0.4) is 0 Å². The molecule has 0 fully saturated rings. The topological polar surface area (TPSA) is 66.9 Å². The molecular formula is C16H16N4OS. The first-order valence-corrected chi connectivity index (χ1v) is 7.98. The Morgan fingerprint density at radius 2 is 2.14 bits per heavy atom. The fraction of sp³-hybridized carbons (Fsp3) is 0.188. The number of benzene rings is 1. The van der Waals surface area contributed by atoms with Crippen LogP contribution in [-0.4, -0.2) is 22.5 Å². The highest BCUT2D eigenvalue weighted by Gasteiger charge is 2.02. The highest BCUT2D eigenvalue weighted by Crippen LogP contribution is 2.13. The van der Waals surface area contributed by atoms with Crippen LogP contribution in [0.2, 0.25) is 0 Å². The van der Waals surface area contributed by atoms with Gasteiger partial charge in [-0.15, -0.1) is 11.3 Å². The van der Waals surface area contributed by atoms with Gasteiger partial charge in [-0.3, -0.25) is 4.98 Å². The summed E-state index contributed by atoms with van der Waals surface area (Å²) < 4.78 is 0. The predicted octanol–water partition coefficient (Wildman–Crippen LogP) is 2.73. The fourth-order valence-electron chi connectivity index (χ4n) is 2.14. The molecule has 0 aliphatic carbocycles. The van der Waals surface area contributed by atoms with Crippen molar-refractivity contribution >= 4 is 28.3 Å². The summed E-state index contributed by atoms with van der Waals surface area (Å²) in [6.45, 7) is 1.07. The van der Waals surface area contributed by atoms with E-state index in [2.05, 4.69) is 20.6 Å². The van der Waals surface area contributed by atoms with E-state index in [-0.39, 0.29) is 6.03 Å². The Morgan fingerprint density at radius 1 is 1.18 bits per heavy atom. The van der Waals surface area contributed by atoms with Crippen LogP contribution >= 0.6 is 11.3 Å². The van der Waals surface area contributed by atoms with Gasteiger partial charge in [-0.2, -0.15) is 0 Å². The van der Waals surface area contributed by atoms with Gasteiger partial charge in [0.15, 0.2) is 0 Å². The van der Waals surface area contributed by atoms with Crippen LogP contribution in [0, 0.1) is 0 Å². The average molecular weight is 312 g/mol. The first kappa shape index (κ1) is 14.5. The third-order valence-corrected chi connectivity index (χ3v) is 3.91. The van der Waals surface area contributed by atoms with E-state index in [4.69, 9.17) is 0 Å². The molecule has 2 amide bonds. The number of urea groups is 1. The molecule has 0 aliphatic heterocycles. The monoisotopic (exact) mass is 312 g/mol. The van der Waals surface area contributed by atoms with E-state index in [0.29, 0.717) is 13.1 Å². The first-order chi connectivity index (χ1) is 10.8. The number of carbonyl (C=O) groups excluding carboxylic acids is 1. The number of amides is 2. The molecule has 2 aromatic heterocycles. The Bertz CT molecular complexity index is 758. The van der Waals surface area contributed by atoms with Gasteiger partial charge in [0.25, 0.3) is 0 Å². The van der Waals surface area contributed by atoms with Crippen molar-refractivity contribution in [1.82, 2.24) is 20.6 Å². The lowest BCUT2D eigenvalue weighted by molar-refractivity contribution is 0.240. The van der Waals surface area contributed by atoms with Crippen molar-refractivity contribution in [2.45, 2.75) is 13.0 Å². The maximum Gasteiger partial charge on any atom is 0.315 e. The molecule has 0 bridgehead atoms. The summed E-state index contributed by atoms with van der Waals surface area (Å²) in [6, 6.07) is 9.74. The summed E-state index contributed by atoms with van der Waals surface area (Å²) in [7, 11) is 0. The maximum absolute atomic E-state index is 11.8. The van der Waals surface area contributed by atoms with Gasteiger partial charge in [-0.25, -0.2) is 9.78 Å². The fourth-order valence-corrected chi connectivity index (χ4v) is 2.74. The van der Waals surface area contributed by atoms with E-state index in [1.165, 1.54) is 0 Å². The molecule has 3 rings (SSSR count). The Balaban J connectivity index is 1.47. The molecule has 0 radical (unpaired) electrons. The lowest BCUT2D eigenvalue weighted by Gasteiger charge is -2.08. The van der Waals surface area contributed by atoms with Crippen LogP contribution in [-0.2, 0) is 13.0 Å². The number of rotatable bonds is 5. The maximum atomic E-state index is 11.8. The molecule has 0 saturated carbocycles. The quantitative estimate of drug-likeness (QED) is 0.761. The minimum Gasteiger partial charge on any atom is -0.338 e. The smallest absolute Gasteiger partial charge is 0.315 e. The van der Waals surface area contributed by atoms with Crippen molar-refractivity contribution in [3.8, 4) is 0 Å². The van der Waals surface area contributed by atoms with E-state index in [1.807, 2.05) is 35.7 Å². The molecule has 5 nitrogen and oxygen atoms in total. The Labute approximate surface area is 132 Å². The number of nitrogens with one attached hydrogen (secondary N) is 2. The van der Waals surface area contributed by atoms with Gasteiger partial charge in [0.1, 0.15) is 0 Å². The Morgan fingerprint density at radius 3 is 3.00 bits per heavy atom. The summed E-state index contributed by atoms with van der Waals surface area (Å²) in [5.74, 6) is 0. The number of hydrogen-bond donors (Lipinski definition) is 2. The third kappa shape index (κ3) is 3.79. The van der Waals surface area contributed by atoms with Crippen LogP contribution in [0.1, 0.15) is 11.3 Å². The average Bonchev–Trinajstić information content (AvgIpc) is 3.06. The Hall–Kier alpha value is -2.47. The van der Waals surface area contributed by atoms with Crippen molar-refractivity contribution in [1.29, 1.82) is 0 Å². The zero-order valence-electron chi connectivity index (χ0n) is 12.0. The van der Waals surface area contributed by atoms with Crippen molar-refractivity contribution in [2.75, 3.05) is 6.54 Å². The number of carbonyl (C=O) groups is 1. The highest BCUT2D eigenvalue weighted by atomic mass is 32.1. The second-order valence-electron chi connectivity index (χ2n) is 4.87. The Kier molecular flexibility index (Phi) is 4.60. The number of aromatic nitrogens is 2. The zero-order valence-corrected chi connectivity index (χ0v) is 12.8. The third-order valence-electron chi connectivity index (χ3n) is 3.27. The molecule has 112 valence electrons. The van der Waals surface area contributed by atoms with E-state index < -0.39 is 0 Å². The molecule has 0 spiro atoms. The molecule has 0 unspecified atom stereocenters. The van der Waals surface area contributed by atoms with Gasteiger partial charge < -0.3 is 10.6 Å². The standard InChI is InChI=1S/C16H16N4OS/c21-16(18-7-5-14-10-22-11-20-14)19-9-12-3-4-15-13(8-12)2-1-6-17-15/h1-4,6,8,10-11H,5,7,9H2,(H2,18,19,21). The molecule has 22 heavy (non-hydrogen) atoms.